The minimum atomic E-state index is -0.484. The fraction of sp³-hybridized carbons (Fsp3) is 0.238. The van der Waals surface area contributed by atoms with Crippen molar-refractivity contribution in [3.63, 3.8) is 0 Å². The Morgan fingerprint density at radius 3 is 3.00 bits per heavy atom. The lowest BCUT2D eigenvalue weighted by Gasteiger charge is -2.33. The van der Waals surface area contributed by atoms with Crippen LogP contribution in [0.5, 0.6) is 0 Å². The van der Waals surface area contributed by atoms with E-state index in [0.717, 1.165) is 30.7 Å². The molecule has 6 nitrogen and oxygen atoms in total. The van der Waals surface area contributed by atoms with Crippen molar-refractivity contribution in [1.82, 2.24) is 14.7 Å². The largest absolute Gasteiger partial charge is 0.422 e. The third-order valence-electron chi connectivity index (χ3n) is 5.16. The van der Waals surface area contributed by atoms with Crippen molar-refractivity contribution in [1.29, 1.82) is 0 Å². The average Bonchev–Trinajstić information content (AvgIpc) is 3.12. The minimum absolute atomic E-state index is 0.181. The molecule has 142 valence electrons. The van der Waals surface area contributed by atoms with Crippen molar-refractivity contribution in [3.8, 4) is 11.3 Å². The second kappa shape index (κ2) is 6.45. The third-order valence-corrected chi connectivity index (χ3v) is 5.16. The highest BCUT2D eigenvalue weighted by Gasteiger charge is 2.18. The molecule has 1 aliphatic heterocycles. The van der Waals surface area contributed by atoms with E-state index in [4.69, 9.17) is 4.42 Å². The Morgan fingerprint density at radius 1 is 1.29 bits per heavy atom. The number of aromatic nitrogens is 2. The van der Waals surface area contributed by atoms with E-state index in [1.54, 1.807) is 28.9 Å². The minimum Gasteiger partial charge on any atom is -0.422 e. The number of imidazole rings is 1. The molecule has 4 heterocycles. The first kappa shape index (κ1) is 16.9. The fourth-order valence-corrected chi connectivity index (χ4v) is 3.75. The number of piperazine rings is 1. The van der Waals surface area contributed by atoms with E-state index in [2.05, 4.69) is 22.1 Å². The number of halogens is 1. The molecule has 0 aliphatic carbocycles. The zero-order valence-corrected chi connectivity index (χ0v) is 15.4. The van der Waals surface area contributed by atoms with Crippen LogP contribution in [0.2, 0.25) is 0 Å². The highest BCUT2D eigenvalue weighted by molar-refractivity contribution is 5.84. The van der Waals surface area contributed by atoms with Crippen molar-refractivity contribution in [3.05, 3.63) is 65.0 Å². The number of hydrogen-bond donors (Lipinski definition) is 1. The Hall–Kier alpha value is -3.19. The summed E-state index contributed by atoms with van der Waals surface area (Å²) in [5.74, 6) is -0.436. The van der Waals surface area contributed by atoms with Crippen molar-refractivity contribution in [2.75, 3.05) is 24.5 Å². The second-order valence-electron chi connectivity index (χ2n) is 7.18. The number of fused-ring (bicyclic) bond motifs is 2. The summed E-state index contributed by atoms with van der Waals surface area (Å²) < 4.78 is 21.1. The molecule has 0 radical (unpaired) electrons. The van der Waals surface area contributed by atoms with Gasteiger partial charge in [0, 0.05) is 55.2 Å². The van der Waals surface area contributed by atoms with E-state index in [-0.39, 0.29) is 5.65 Å². The Balaban J connectivity index is 1.57. The third kappa shape index (κ3) is 2.84. The van der Waals surface area contributed by atoms with Crippen LogP contribution < -0.4 is 15.8 Å². The van der Waals surface area contributed by atoms with Gasteiger partial charge in [-0.05, 0) is 37.3 Å². The molecule has 1 aromatic carbocycles. The van der Waals surface area contributed by atoms with Gasteiger partial charge in [-0.3, -0.25) is 0 Å². The maximum atomic E-state index is 13.9. The molecule has 0 spiro atoms. The van der Waals surface area contributed by atoms with Gasteiger partial charge in [0.1, 0.15) is 5.58 Å². The Kier molecular flexibility index (Phi) is 3.91. The van der Waals surface area contributed by atoms with Gasteiger partial charge in [0.05, 0.1) is 11.3 Å². The van der Waals surface area contributed by atoms with Crippen LogP contribution in [0, 0.1) is 5.82 Å². The molecule has 7 heteroatoms. The molecule has 0 amide bonds. The Labute approximate surface area is 160 Å². The molecule has 0 saturated carbocycles. The number of rotatable bonds is 2. The molecule has 3 aromatic heterocycles. The SMILES string of the molecule is C[C@@H]1CN(c2ccc3cc(-c4cn5cccc(F)c5n4)c(=O)oc3c2)CCN1. The molecule has 1 aliphatic rings. The maximum Gasteiger partial charge on any atom is 0.345 e. The van der Waals surface area contributed by atoms with Gasteiger partial charge in [-0.15, -0.1) is 0 Å². The van der Waals surface area contributed by atoms with Gasteiger partial charge in [0.15, 0.2) is 11.5 Å². The number of anilines is 1. The van der Waals surface area contributed by atoms with Crippen LogP contribution in [0.1, 0.15) is 6.92 Å². The van der Waals surface area contributed by atoms with E-state index in [9.17, 15) is 9.18 Å². The first-order valence-electron chi connectivity index (χ1n) is 9.28. The lowest BCUT2D eigenvalue weighted by molar-refractivity contribution is 0.484. The monoisotopic (exact) mass is 378 g/mol. The Bertz CT molecular complexity index is 1250. The summed E-state index contributed by atoms with van der Waals surface area (Å²) in [5, 5.41) is 4.22. The number of pyridine rings is 1. The van der Waals surface area contributed by atoms with Crippen LogP contribution in [-0.4, -0.2) is 35.1 Å². The van der Waals surface area contributed by atoms with Crippen LogP contribution in [0.3, 0.4) is 0 Å². The van der Waals surface area contributed by atoms with Gasteiger partial charge < -0.3 is 19.0 Å². The van der Waals surface area contributed by atoms with Gasteiger partial charge in [0.25, 0.3) is 0 Å². The normalized spacial score (nSPS) is 17.5. The zero-order chi connectivity index (χ0) is 19.3. The van der Waals surface area contributed by atoms with Crippen LogP contribution in [-0.2, 0) is 0 Å². The molecule has 1 atom stereocenters. The van der Waals surface area contributed by atoms with Crippen molar-refractivity contribution < 1.29 is 8.81 Å². The summed E-state index contributed by atoms with van der Waals surface area (Å²) >= 11 is 0. The van der Waals surface area contributed by atoms with Crippen molar-refractivity contribution in [2.45, 2.75) is 13.0 Å². The highest BCUT2D eigenvalue weighted by atomic mass is 19.1. The van der Waals surface area contributed by atoms with Crippen molar-refractivity contribution in [2.24, 2.45) is 0 Å². The summed E-state index contributed by atoms with van der Waals surface area (Å²) in [4.78, 5) is 19.1. The molecule has 0 unspecified atom stereocenters. The molecule has 28 heavy (non-hydrogen) atoms. The first-order valence-corrected chi connectivity index (χ1v) is 9.28. The summed E-state index contributed by atoms with van der Waals surface area (Å²) in [6, 6.07) is 11.0. The summed E-state index contributed by atoms with van der Waals surface area (Å²) in [6.45, 7) is 4.88. The Morgan fingerprint density at radius 2 is 2.18 bits per heavy atom. The highest BCUT2D eigenvalue weighted by Crippen LogP contribution is 2.26. The average molecular weight is 378 g/mol. The van der Waals surface area contributed by atoms with Gasteiger partial charge in [-0.1, -0.05) is 0 Å². The molecular weight excluding hydrogens is 359 g/mol. The zero-order valence-electron chi connectivity index (χ0n) is 15.4. The first-order chi connectivity index (χ1) is 13.6. The summed E-state index contributed by atoms with van der Waals surface area (Å²) in [6.07, 6.45) is 3.32. The van der Waals surface area contributed by atoms with Crippen LogP contribution in [0.15, 0.2) is 58.0 Å². The number of hydrogen-bond acceptors (Lipinski definition) is 5. The van der Waals surface area contributed by atoms with Gasteiger partial charge in [0.2, 0.25) is 0 Å². The molecule has 1 fully saturated rings. The number of nitrogens with one attached hydrogen (secondary N) is 1. The van der Waals surface area contributed by atoms with Gasteiger partial charge in [-0.25, -0.2) is 14.2 Å². The van der Waals surface area contributed by atoms with Crippen LogP contribution in [0.4, 0.5) is 10.1 Å². The molecule has 0 bridgehead atoms. The molecule has 4 aromatic rings. The topological polar surface area (TPSA) is 62.8 Å². The van der Waals surface area contributed by atoms with Gasteiger partial charge >= 0.3 is 5.63 Å². The molecular formula is C21H19FN4O2. The predicted molar refractivity (Wildman–Crippen MR) is 106 cm³/mol. The van der Waals surface area contributed by atoms with E-state index in [1.165, 1.54) is 6.07 Å². The summed E-state index contributed by atoms with van der Waals surface area (Å²) in [7, 11) is 0. The number of benzene rings is 1. The lowest BCUT2D eigenvalue weighted by Crippen LogP contribution is -2.49. The van der Waals surface area contributed by atoms with E-state index in [0.29, 0.717) is 22.9 Å². The second-order valence-corrected chi connectivity index (χ2v) is 7.18. The van der Waals surface area contributed by atoms with Gasteiger partial charge in [-0.2, -0.15) is 0 Å². The maximum absolute atomic E-state index is 13.9. The lowest BCUT2D eigenvalue weighted by atomic mass is 10.1. The fourth-order valence-electron chi connectivity index (χ4n) is 3.75. The molecule has 1 saturated heterocycles. The summed E-state index contributed by atoms with van der Waals surface area (Å²) in [5.41, 5.74) is 1.97. The van der Waals surface area contributed by atoms with Crippen molar-refractivity contribution >= 4 is 22.3 Å². The smallest absolute Gasteiger partial charge is 0.345 e. The van der Waals surface area contributed by atoms with E-state index >= 15 is 0 Å². The quantitative estimate of drug-likeness (QED) is 0.543. The van der Waals surface area contributed by atoms with E-state index < -0.39 is 11.4 Å². The van der Waals surface area contributed by atoms with Crippen LogP contribution >= 0.6 is 0 Å². The predicted octanol–water partition coefficient (Wildman–Crippen LogP) is 3.04. The van der Waals surface area contributed by atoms with Crippen LogP contribution in [0.25, 0.3) is 27.9 Å². The molecule has 5 rings (SSSR count). The standard InChI is InChI=1S/C21H19FN4O2/c1-13-11-25(8-6-23-13)15-5-4-14-9-16(21(27)28-19(14)10-15)18-12-26-7-2-3-17(22)20(26)24-18/h2-5,7,9-10,12-13,23H,6,8,11H2,1H3/t13-/m1/s1. The van der Waals surface area contributed by atoms with E-state index in [1.807, 2.05) is 18.2 Å². The number of nitrogens with zero attached hydrogens (tertiary/aromatic N) is 3. The molecule has 1 N–H and O–H groups in total.